The van der Waals surface area contributed by atoms with Crippen LogP contribution in [-0.4, -0.2) is 25.1 Å². The maximum Gasteiger partial charge on any atom is 0.321 e. The number of nitrogens with one attached hydrogen (secondary N) is 2. The maximum absolute atomic E-state index is 11.3. The molecule has 98 valence electrons. The number of imide groups is 1. The summed E-state index contributed by atoms with van der Waals surface area (Å²) in [4.78, 5) is 22.3. The molecule has 0 aliphatic rings. The van der Waals surface area contributed by atoms with Gasteiger partial charge in [-0.05, 0) is 25.1 Å². The van der Waals surface area contributed by atoms with Gasteiger partial charge in [0, 0.05) is 16.6 Å². The van der Waals surface area contributed by atoms with Crippen molar-refractivity contribution >= 4 is 35.1 Å². The predicted octanol–water partition coefficient (Wildman–Crippen LogP) is 2.22. The first-order valence-corrected chi connectivity index (χ1v) is 5.93. The largest absolute Gasteiger partial charge is 0.484 e. The summed E-state index contributed by atoms with van der Waals surface area (Å²) in [6, 6.07) is 4.03. The Balaban J connectivity index is 2.45. The van der Waals surface area contributed by atoms with E-state index < -0.39 is 11.9 Å². The predicted molar refractivity (Wildman–Crippen MR) is 69.2 cm³/mol. The lowest BCUT2D eigenvalue weighted by Gasteiger charge is -2.07. The molecule has 0 radical (unpaired) electrons. The molecule has 0 aliphatic heterocycles. The third-order valence-corrected chi connectivity index (χ3v) is 2.23. The number of benzene rings is 1. The third kappa shape index (κ3) is 5.25. The van der Waals surface area contributed by atoms with Crippen molar-refractivity contribution in [3.05, 3.63) is 28.2 Å². The van der Waals surface area contributed by atoms with E-state index in [1.165, 1.54) is 12.1 Å². The minimum Gasteiger partial charge on any atom is -0.484 e. The van der Waals surface area contributed by atoms with Gasteiger partial charge in [-0.1, -0.05) is 23.2 Å². The zero-order valence-corrected chi connectivity index (χ0v) is 11.1. The second-order valence-electron chi connectivity index (χ2n) is 3.30. The molecule has 1 rings (SSSR count). The van der Waals surface area contributed by atoms with Crippen LogP contribution in [0.2, 0.25) is 10.0 Å². The molecule has 0 saturated carbocycles. The molecular formula is C11H12Cl2N2O3. The summed E-state index contributed by atoms with van der Waals surface area (Å²) in [6.07, 6.45) is 0. The first-order chi connectivity index (χ1) is 8.51. The highest BCUT2D eigenvalue weighted by Crippen LogP contribution is 2.23. The van der Waals surface area contributed by atoms with Gasteiger partial charge in [-0.25, -0.2) is 4.79 Å². The topological polar surface area (TPSA) is 67.4 Å². The molecule has 18 heavy (non-hydrogen) atoms. The number of hydrogen-bond acceptors (Lipinski definition) is 3. The number of halogens is 2. The molecule has 0 heterocycles. The van der Waals surface area contributed by atoms with Crippen molar-refractivity contribution in [2.75, 3.05) is 13.2 Å². The third-order valence-electron chi connectivity index (χ3n) is 1.80. The van der Waals surface area contributed by atoms with Gasteiger partial charge in [-0.2, -0.15) is 0 Å². The van der Waals surface area contributed by atoms with Gasteiger partial charge in [-0.3, -0.25) is 10.1 Å². The van der Waals surface area contributed by atoms with Crippen molar-refractivity contribution in [2.45, 2.75) is 6.92 Å². The maximum atomic E-state index is 11.3. The Hall–Kier alpha value is -1.46. The molecule has 0 unspecified atom stereocenters. The molecule has 2 N–H and O–H groups in total. The van der Waals surface area contributed by atoms with E-state index in [0.29, 0.717) is 22.3 Å². The van der Waals surface area contributed by atoms with Crippen LogP contribution in [0.1, 0.15) is 6.92 Å². The standard InChI is InChI=1S/C11H12Cl2N2O3/c1-2-14-11(17)15-10(16)6-18-9-4-7(12)3-8(13)5-9/h3-5H,2,6H2,1H3,(H2,14,15,16,17). The van der Waals surface area contributed by atoms with Crippen LogP contribution in [0.3, 0.4) is 0 Å². The fourth-order valence-corrected chi connectivity index (χ4v) is 1.63. The molecule has 0 fully saturated rings. The van der Waals surface area contributed by atoms with Crippen LogP contribution in [0.5, 0.6) is 5.75 Å². The lowest BCUT2D eigenvalue weighted by molar-refractivity contribution is -0.122. The fraction of sp³-hybridized carbons (Fsp3) is 0.273. The number of urea groups is 1. The SMILES string of the molecule is CCNC(=O)NC(=O)COc1cc(Cl)cc(Cl)c1. The summed E-state index contributed by atoms with van der Waals surface area (Å²) in [5.41, 5.74) is 0. The molecule has 0 aliphatic carbocycles. The van der Waals surface area contributed by atoms with Crippen LogP contribution in [0.25, 0.3) is 0 Å². The summed E-state index contributed by atoms with van der Waals surface area (Å²) < 4.78 is 5.15. The van der Waals surface area contributed by atoms with Crippen LogP contribution < -0.4 is 15.4 Å². The van der Waals surface area contributed by atoms with Crippen molar-refractivity contribution in [1.82, 2.24) is 10.6 Å². The zero-order valence-electron chi connectivity index (χ0n) is 9.63. The molecule has 5 nitrogen and oxygen atoms in total. The molecule has 0 bridgehead atoms. The van der Waals surface area contributed by atoms with Gasteiger partial charge in [0.05, 0.1) is 0 Å². The molecule has 1 aromatic rings. The fourth-order valence-electron chi connectivity index (χ4n) is 1.13. The van der Waals surface area contributed by atoms with E-state index in [-0.39, 0.29) is 6.61 Å². The number of carbonyl (C=O) groups excluding carboxylic acids is 2. The molecular weight excluding hydrogens is 279 g/mol. The molecule has 0 atom stereocenters. The summed E-state index contributed by atoms with van der Waals surface area (Å²) in [7, 11) is 0. The van der Waals surface area contributed by atoms with Gasteiger partial charge >= 0.3 is 6.03 Å². The number of carbonyl (C=O) groups is 2. The van der Waals surface area contributed by atoms with E-state index in [4.69, 9.17) is 27.9 Å². The normalized spacial score (nSPS) is 9.72. The van der Waals surface area contributed by atoms with Crippen LogP contribution in [-0.2, 0) is 4.79 Å². The number of amides is 3. The average Bonchev–Trinajstić information content (AvgIpc) is 2.25. The smallest absolute Gasteiger partial charge is 0.321 e. The quantitative estimate of drug-likeness (QED) is 0.893. The Morgan fingerprint density at radius 1 is 1.22 bits per heavy atom. The van der Waals surface area contributed by atoms with E-state index in [1.807, 2.05) is 0 Å². The molecule has 0 saturated heterocycles. The Morgan fingerprint density at radius 2 is 1.83 bits per heavy atom. The van der Waals surface area contributed by atoms with Crippen LogP contribution in [0, 0.1) is 0 Å². The van der Waals surface area contributed by atoms with Crippen molar-refractivity contribution in [3.63, 3.8) is 0 Å². The summed E-state index contributed by atoms with van der Waals surface area (Å²) in [5.74, 6) is -0.199. The van der Waals surface area contributed by atoms with Gasteiger partial charge in [0.1, 0.15) is 5.75 Å². The first-order valence-electron chi connectivity index (χ1n) is 5.18. The summed E-state index contributed by atoms with van der Waals surface area (Å²) >= 11 is 11.5. The van der Waals surface area contributed by atoms with Crippen molar-refractivity contribution < 1.29 is 14.3 Å². The van der Waals surface area contributed by atoms with Crippen LogP contribution >= 0.6 is 23.2 Å². The molecule has 0 spiro atoms. The monoisotopic (exact) mass is 290 g/mol. The zero-order chi connectivity index (χ0) is 13.5. The Morgan fingerprint density at radius 3 is 2.39 bits per heavy atom. The number of ether oxygens (including phenoxy) is 1. The minimum absolute atomic E-state index is 0.298. The molecule has 3 amide bonds. The van der Waals surface area contributed by atoms with Gasteiger partial charge in [0.15, 0.2) is 6.61 Å². The molecule has 7 heteroatoms. The second kappa shape index (κ2) is 7.08. The summed E-state index contributed by atoms with van der Waals surface area (Å²) in [6.45, 7) is 1.88. The van der Waals surface area contributed by atoms with Gasteiger partial charge < -0.3 is 10.1 Å². The van der Waals surface area contributed by atoms with E-state index in [1.54, 1.807) is 13.0 Å². The lowest BCUT2D eigenvalue weighted by atomic mass is 10.3. The summed E-state index contributed by atoms with van der Waals surface area (Å²) in [5, 5.41) is 5.33. The highest BCUT2D eigenvalue weighted by Gasteiger charge is 2.07. The van der Waals surface area contributed by atoms with Gasteiger partial charge in [0.2, 0.25) is 0 Å². The highest BCUT2D eigenvalue weighted by atomic mass is 35.5. The average molecular weight is 291 g/mol. The number of rotatable bonds is 4. The highest BCUT2D eigenvalue weighted by molar-refractivity contribution is 6.34. The number of hydrogen-bond donors (Lipinski definition) is 2. The Bertz CT molecular complexity index is 432. The van der Waals surface area contributed by atoms with Crippen molar-refractivity contribution in [3.8, 4) is 5.75 Å². The van der Waals surface area contributed by atoms with E-state index in [2.05, 4.69) is 10.6 Å². The molecule has 0 aromatic heterocycles. The second-order valence-corrected chi connectivity index (χ2v) is 4.17. The van der Waals surface area contributed by atoms with Crippen molar-refractivity contribution in [1.29, 1.82) is 0 Å². The van der Waals surface area contributed by atoms with Crippen LogP contribution in [0.4, 0.5) is 4.79 Å². The minimum atomic E-state index is -0.560. The van der Waals surface area contributed by atoms with Gasteiger partial charge in [-0.15, -0.1) is 0 Å². The van der Waals surface area contributed by atoms with E-state index >= 15 is 0 Å². The lowest BCUT2D eigenvalue weighted by Crippen LogP contribution is -2.41. The van der Waals surface area contributed by atoms with E-state index in [9.17, 15) is 9.59 Å². The van der Waals surface area contributed by atoms with E-state index in [0.717, 1.165) is 0 Å². The van der Waals surface area contributed by atoms with Crippen LogP contribution in [0.15, 0.2) is 18.2 Å². The van der Waals surface area contributed by atoms with Gasteiger partial charge in [0.25, 0.3) is 5.91 Å². The Labute approximate surface area is 114 Å². The first kappa shape index (κ1) is 14.6. The molecule has 1 aromatic carbocycles. The van der Waals surface area contributed by atoms with Crippen molar-refractivity contribution in [2.24, 2.45) is 0 Å². The Kier molecular flexibility index (Phi) is 5.74.